The average Bonchev–Trinajstić information content (AvgIpc) is 2.88. The number of hydrogen-bond acceptors (Lipinski definition) is 5. The van der Waals surface area contributed by atoms with Crippen LogP contribution in [0, 0.1) is 0 Å². The summed E-state index contributed by atoms with van der Waals surface area (Å²) in [4.78, 5) is 13.3. The van der Waals surface area contributed by atoms with Crippen molar-refractivity contribution >= 4 is 5.91 Å². The number of aromatic amines is 1. The highest BCUT2D eigenvalue weighted by Gasteiger charge is 2.21. The van der Waals surface area contributed by atoms with Crippen LogP contribution in [-0.2, 0) is 0 Å². The number of amides is 1. The van der Waals surface area contributed by atoms with E-state index in [0.717, 1.165) is 13.0 Å². The van der Waals surface area contributed by atoms with Crippen LogP contribution in [0.2, 0.25) is 0 Å². The van der Waals surface area contributed by atoms with Crippen LogP contribution < -0.4 is 5.32 Å². The molecule has 82 valence electrons. The van der Waals surface area contributed by atoms with Gasteiger partial charge in [-0.15, -0.1) is 10.2 Å². The van der Waals surface area contributed by atoms with Gasteiger partial charge in [0.1, 0.15) is 0 Å². The minimum Gasteiger partial charge on any atom is -0.337 e. The minimum absolute atomic E-state index is 0.121. The summed E-state index contributed by atoms with van der Waals surface area (Å²) >= 11 is 0. The van der Waals surface area contributed by atoms with Crippen molar-refractivity contribution in [2.24, 2.45) is 0 Å². The summed E-state index contributed by atoms with van der Waals surface area (Å²) < 4.78 is 0. The molecule has 15 heavy (non-hydrogen) atoms. The second kappa shape index (κ2) is 4.35. The lowest BCUT2D eigenvalue weighted by molar-refractivity contribution is 0.0772. The van der Waals surface area contributed by atoms with Crippen LogP contribution in [0.15, 0.2) is 0 Å². The summed E-state index contributed by atoms with van der Waals surface area (Å²) in [5.74, 6) is -0.0760. The van der Waals surface area contributed by atoms with E-state index in [2.05, 4.69) is 25.9 Å². The smallest absolute Gasteiger partial charge is 0.295 e. The van der Waals surface area contributed by atoms with Gasteiger partial charge < -0.3 is 10.2 Å². The summed E-state index contributed by atoms with van der Waals surface area (Å²) in [6, 6.07) is 0.394. The Kier molecular flexibility index (Phi) is 2.91. The number of carbonyl (C=O) groups is 1. The van der Waals surface area contributed by atoms with Gasteiger partial charge in [0.05, 0.1) is 0 Å². The van der Waals surface area contributed by atoms with E-state index in [1.807, 2.05) is 0 Å². The number of likely N-dealkylation sites (N-methyl/N-ethyl adjacent to an activating group) is 1. The van der Waals surface area contributed by atoms with Crippen LogP contribution >= 0.6 is 0 Å². The van der Waals surface area contributed by atoms with Crippen molar-refractivity contribution in [2.45, 2.75) is 18.9 Å². The maximum atomic E-state index is 11.7. The van der Waals surface area contributed by atoms with Gasteiger partial charge in [-0.2, -0.15) is 5.21 Å². The molecular formula is C8H14N6O. The predicted molar refractivity (Wildman–Crippen MR) is 52.2 cm³/mol. The Labute approximate surface area is 87.2 Å². The summed E-state index contributed by atoms with van der Waals surface area (Å²) in [7, 11) is 1.75. The van der Waals surface area contributed by atoms with Gasteiger partial charge in [-0.1, -0.05) is 0 Å². The maximum Gasteiger partial charge on any atom is 0.295 e. The summed E-state index contributed by atoms with van der Waals surface area (Å²) in [5.41, 5.74) is 0. The topological polar surface area (TPSA) is 86.8 Å². The first kappa shape index (κ1) is 10.0. The minimum atomic E-state index is -0.197. The molecule has 1 saturated heterocycles. The lowest BCUT2D eigenvalue weighted by Gasteiger charge is -2.19. The number of H-pyrrole nitrogens is 1. The fourth-order valence-corrected chi connectivity index (χ4v) is 1.75. The molecule has 0 radical (unpaired) electrons. The highest BCUT2D eigenvalue weighted by molar-refractivity contribution is 5.89. The lowest BCUT2D eigenvalue weighted by atomic mass is 10.2. The third kappa shape index (κ3) is 2.30. The second-order valence-corrected chi connectivity index (χ2v) is 3.71. The number of rotatable bonds is 3. The summed E-state index contributed by atoms with van der Waals surface area (Å²) in [5, 5.41) is 16.3. The van der Waals surface area contributed by atoms with Crippen LogP contribution in [0.3, 0.4) is 0 Å². The molecule has 0 aliphatic carbocycles. The fourth-order valence-electron chi connectivity index (χ4n) is 1.75. The van der Waals surface area contributed by atoms with E-state index in [1.165, 1.54) is 6.42 Å². The molecular weight excluding hydrogens is 196 g/mol. The van der Waals surface area contributed by atoms with Crippen molar-refractivity contribution in [3.05, 3.63) is 5.82 Å². The molecule has 1 aliphatic heterocycles. The molecule has 2 rings (SSSR count). The van der Waals surface area contributed by atoms with Crippen molar-refractivity contribution < 1.29 is 4.79 Å². The SMILES string of the molecule is CN(CC1CCCN1)C(=O)c1nn[nH]n1. The third-order valence-corrected chi connectivity index (χ3v) is 2.54. The molecule has 2 heterocycles. The molecule has 1 amide bonds. The molecule has 7 nitrogen and oxygen atoms in total. The zero-order valence-corrected chi connectivity index (χ0v) is 8.60. The van der Waals surface area contributed by atoms with E-state index in [-0.39, 0.29) is 11.7 Å². The van der Waals surface area contributed by atoms with Gasteiger partial charge in [-0.3, -0.25) is 4.79 Å². The normalized spacial score (nSPS) is 20.5. The van der Waals surface area contributed by atoms with Crippen LogP contribution in [0.25, 0.3) is 0 Å². The highest BCUT2D eigenvalue weighted by Crippen LogP contribution is 2.06. The molecule has 0 aromatic carbocycles. The molecule has 1 unspecified atom stereocenters. The van der Waals surface area contributed by atoms with Gasteiger partial charge in [0.25, 0.3) is 11.7 Å². The molecule has 1 atom stereocenters. The van der Waals surface area contributed by atoms with Crippen LogP contribution in [0.5, 0.6) is 0 Å². The number of tetrazole rings is 1. The number of carbonyl (C=O) groups excluding carboxylic acids is 1. The molecule has 7 heteroatoms. The summed E-state index contributed by atoms with van der Waals surface area (Å²) in [6.45, 7) is 1.72. The van der Waals surface area contributed by atoms with Gasteiger partial charge in [0, 0.05) is 19.6 Å². The highest BCUT2D eigenvalue weighted by atomic mass is 16.2. The Balaban J connectivity index is 1.90. The van der Waals surface area contributed by atoms with Gasteiger partial charge in [0.15, 0.2) is 0 Å². The molecule has 1 aliphatic rings. The molecule has 0 spiro atoms. The number of aromatic nitrogens is 4. The Hall–Kier alpha value is -1.50. The first-order valence-electron chi connectivity index (χ1n) is 4.99. The second-order valence-electron chi connectivity index (χ2n) is 3.71. The fraction of sp³-hybridized carbons (Fsp3) is 0.750. The first-order valence-corrected chi connectivity index (χ1v) is 4.99. The van der Waals surface area contributed by atoms with E-state index < -0.39 is 0 Å². The van der Waals surface area contributed by atoms with E-state index in [1.54, 1.807) is 11.9 Å². The number of nitrogens with zero attached hydrogens (tertiary/aromatic N) is 4. The first-order chi connectivity index (χ1) is 7.27. The van der Waals surface area contributed by atoms with Crippen LogP contribution in [0.1, 0.15) is 23.5 Å². The Morgan fingerprint density at radius 3 is 3.13 bits per heavy atom. The Morgan fingerprint density at radius 2 is 2.53 bits per heavy atom. The van der Waals surface area contributed by atoms with Crippen molar-refractivity contribution in [1.82, 2.24) is 30.8 Å². The van der Waals surface area contributed by atoms with Gasteiger partial charge in [-0.05, 0) is 24.6 Å². The van der Waals surface area contributed by atoms with E-state index in [0.29, 0.717) is 12.6 Å². The number of hydrogen-bond donors (Lipinski definition) is 2. The standard InChI is InChI=1S/C8H14N6O/c1-14(5-6-3-2-4-9-6)8(15)7-10-12-13-11-7/h6,9H,2-5H2,1H3,(H,10,11,12,13). The maximum absolute atomic E-state index is 11.7. The molecule has 1 aromatic rings. The zero-order valence-electron chi connectivity index (χ0n) is 8.60. The third-order valence-electron chi connectivity index (χ3n) is 2.54. The molecule has 1 aromatic heterocycles. The van der Waals surface area contributed by atoms with Gasteiger partial charge in [0.2, 0.25) is 0 Å². The van der Waals surface area contributed by atoms with Crippen molar-refractivity contribution in [1.29, 1.82) is 0 Å². The van der Waals surface area contributed by atoms with Gasteiger partial charge in [-0.25, -0.2) is 0 Å². The molecule has 0 saturated carbocycles. The van der Waals surface area contributed by atoms with Crippen LogP contribution in [0.4, 0.5) is 0 Å². The van der Waals surface area contributed by atoms with E-state index >= 15 is 0 Å². The average molecular weight is 210 g/mol. The molecule has 0 bridgehead atoms. The van der Waals surface area contributed by atoms with E-state index in [4.69, 9.17) is 0 Å². The van der Waals surface area contributed by atoms with Crippen molar-refractivity contribution in [3.8, 4) is 0 Å². The molecule has 1 fully saturated rings. The Morgan fingerprint density at radius 1 is 1.67 bits per heavy atom. The van der Waals surface area contributed by atoms with Crippen molar-refractivity contribution in [2.75, 3.05) is 20.1 Å². The zero-order chi connectivity index (χ0) is 10.7. The van der Waals surface area contributed by atoms with Crippen molar-refractivity contribution in [3.63, 3.8) is 0 Å². The summed E-state index contributed by atoms with van der Waals surface area (Å²) in [6.07, 6.45) is 2.29. The number of nitrogens with one attached hydrogen (secondary N) is 2. The molecule has 2 N–H and O–H groups in total. The van der Waals surface area contributed by atoms with E-state index in [9.17, 15) is 4.79 Å². The van der Waals surface area contributed by atoms with Crippen LogP contribution in [-0.4, -0.2) is 57.6 Å². The largest absolute Gasteiger partial charge is 0.337 e. The predicted octanol–water partition coefficient (Wildman–Crippen LogP) is -0.976. The Bertz CT molecular complexity index is 318. The van der Waals surface area contributed by atoms with Gasteiger partial charge >= 0.3 is 0 Å². The quantitative estimate of drug-likeness (QED) is 0.670. The monoisotopic (exact) mass is 210 g/mol. The lowest BCUT2D eigenvalue weighted by Crippen LogP contribution is -2.39.